The van der Waals surface area contributed by atoms with E-state index in [0.29, 0.717) is 11.3 Å². The van der Waals surface area contributed by atoms with E-state index in [1.54, 1.807) is 0 Å². The van der Waals surface area contributed by atoms with E-state index in [4.69, 9.17) is 5.11 Å². The maximum absolute atomic E-state index is 12.4. The maximum atomic E-state index is 12.4. The third-order valence-electron chi connectivity index (χ3n) is 2.51. The summed E-state index contributed by atoms with van der Waals surface area (Å²) in [5.41, 5.74) is -0.0714. The van der Waals surface area contributed by atoms with Crippen molar-refractivity contribution < 1.29 is 27.9 Å². The van der Waals surface area contributed by atoms with Crippen LogP contribution < -0.4 is 5.32 Å². The van der Waals surface area contributed by atoms with Gasteiger partial charge < -0.3 is 10.4 Å². The Kier molecular flexibility index (Phi) is 6.07. The van der Waals surface area contributed by atoms with Gasteiger partial charge in [0.1, 0.15) is 6.04 Å². The van der Waals surface area contributed by atoms with E-state index < -0.39 is 29.7 Å². The van der Waals surface area contributed by atoms with Gasteiger partial charge in [0.15, 0.2) is 0 Å². The second-order valence-electron chi connectivity index (χ2n) is 4.30. The van der Waals surface area contributed by atoms with E-state index >= 15 is 0 Å². The molecule has 0 bridgehead atoms. The largest absolute Gasteiger partial charge is 0.480 e. The van der Waals surface area contributed by atoms with Gasteiger partial charge >= 0.3 is 12.1 Å². The van der Waals surface area contributed by atoms with Crippen molar-refractivity contribution in [2.45, 2.75) is 24.9 Å². The molecule has 1 atom stereocenters. The lowest BCUT2D eigenvalue weighted by molar-refractivity contribution is -0.140. The zero-order valence-corrected chi connectivity index (χ0v) is 11.9. The molecule has 21 heavy (non-hydrogen) atoms. The molecular weight excluding hydrogens is 307 g/mol. The minimum Gasteiger partial charge on any atom is -0.480 e. The van der Waals surface area contributed by atoms with Crippen molar-refractivity contribution in [1.29, 1.82) is 0 Å². The summed E-state index contributed by atoms with van der Waals surface area (Å²) in [7, 11) is 0. The van der Waals surface area contributed by atoms with E-state index in [9.17, 15) is 22.8 Å². The fraction of sp³-hybridized carbons (Fsp3) is 0.385. The molecular formula is C13H14F3NO3S. The number of carbonyl (C=O) groups is 2. The van der Waals surface area contributed by atoms with Gasteiger partial charge in [-0.25, -0.2) is 4.79 Å². The number of nitrogens with one attached hydrogen (secondary N) is 1. The minimum atomic E-state index is -4.37. The van der Waals surface area contributed by atoms with Gasteiger partial charge in [-0.1, -0.05) is 12.1 Å². The second kappa shape index (κ2) is 7.35. The van der Waals surface area contributed by atoms with Gasteiger partial charge in [-0.05, 0) is 17.7 Å². The monoisotopic (exact) mass is 321 g/mol. The highest BCUT2D eigenvalue weighted by atomic mass is 32.2. The SMILES string of the molecule is CC(=O)NC(CSCc1ccc(C(F)(F)F)cc1)C(=O)O. The van der Waals surface area contributed by atoms with Crippen LogP contribution in [-0.2, 0) is 21.5 Å². The first kappa shape index (κ1) is 17.4. The van der Waals surface area contributed by atoms with Crippen LogP contribution in [0.1, 0.15) is 18.1 Å². The van der Waals surface area contributed by atoms with Crippen LogP contribution in [0.4, 0.5) is 13.2 Å². The number of carboxylic acids is 1. The Labute approximate surface area is 123 Å². The average Bonchev–Trinajstić information content (AvgIpc) is 2.36. The van der Waals surface area contributed by atoms with Crippen LogP contribution in [0, 0.1) is 0 Å². The third-order valence-corrected chi connectivity index (χ3v) is 3.62. The van der Waals surface area contributed by atoms with Gasteiger partial charge in [0, 0.05) is 18.4 Å². The number of carboxylic acid groups (broad SMARTS) is 1. The van der Waals surface area contributed by atoms with E-state index in [1.165, 1.54) is 30.8 Å². The normalized spacial score (nSPS) is 12.8. The third kappa shape index (κ3) is 6.07. The van der Waals surface area contributed by atoms with Gasteiger partial charge in [0.2, 0.25) is 5.91 Å². The number of hydrogen-bond donors (Lipinski definition) is 2. The summed E-state index contributed by atoms with van der Waals surface area (Å²) >= 11 is 1.22. The minimum absolute atomic E-state index is 0.135. The van der Waals surface area contributed by atoms with E-state index in [-0.39, 0.29) is 5.75 Å². The molecule has 0 aliphatic heterocycles. The van der Waals surface area contributed by atoms with Crippen LogP contribution in [0.15, 0.2) is 24.3 Å². The highest BCUT2D eigenvalue weighted by Gasteiger charge is 2.29. The number of amides is 1. The summed E-state index contributed by atoms with van der Waals surface area (Å²) < 4.78 is 37.1. The first-order valence-electron chi connectivity index (χ1n) is 5.94. The van der Waals surface area contributed by atoms with Gasteiger partial charge in [-0.2, -0.15) is 24.9 Å². The van der Waals surface area contributed by atoms with Gasteiger partial charge in [-0.3, -0.25) is 4.79 Å². The summed E-state index contributed by atoms with van der Waals surface area (Å²) in [6.07, 6.45) is -4.37. The number of alkyl halides is 3. The Morgan fingerprint density at radius 3 is 2.29 bits per heavy atom. The molecule has 1 unspecified atom stereocenters. The van der Waals surface area contributed by atoms with Crippen LogP contribution >= 0.6 is 11.8 Å². The van der Waals surface area contributed by atoms with Crippen LogP contribution in [0.3, 0.4) is 0 Å². The van der Waals surface area contributed by atoms with Crippen LogP contribution in [0.25, 0.3) is 0 Å². The molecule has 4 nitrogen and oxygen atoms in total. The molecule has 2 N–H and O–H groups in total. The molecule has 0 saturated heterocycles. The maximum Gasteiger partial charge on any atom is 0.416 e. The molecule has 0 aliphatic carbocycles. The molecule has 1 rings (SSSR count). The molecule has 0 spiro atoms. The summed E-state index contributed by atoms with van der Waals surface area (Å²) in [6.45, 7) is 1.22. The molecule has 0 fully saturated rings. The smallest absolute Gasteiger partial charge is 0.416 e. The number of carbonyl (C=O) groups excluding carboxylic acids is 1. The van der Waals surface area contributed by atoms with Crippen LogP contribution in [0.5, 0.6) is 0 Å². The lowest BCUT2D eigenvalue weighted by Crippen LogP contribution is -2.41. The van der Waals surface area contributed by atoms with Crippen molar-refractivity contribution in [3.63, 3.8) is 0 Å². The molecule has 1 aromatic rings. The zero-order chi connectivity index (χ0) is 16.0. The number of hydrogen-bond acceptors (Lipinski definition) is 3. The highest BCUT2D eigenvalue weighted by Crippen LogP contribution is 2.29. The summed E-state index contributed by atoms with van der Waals surface area (Å²) in [4.78, 5) is 21.7. The number of halogens is 3. The quantitative estimate of drug-likeness (QED) is 0.845. The summed E-state index contributed by atoms with van der Waals surface area (Å²) in [5.74, 6) is -1.10. The van der Waals surface area contributed by atoms with Crippen molar-refractivity contribution in [1.82, 2.24) is 5.32 Å². The lowest BCUT2D eigenvalue weighted by Gasteiger charge is -2.13. The molecule has 0 aromatic heterocycles. The molecule has 116 valence electrons. The Bertz CT molecular complexity index is 502. The van der Waals surface area contributed by atoms with Gasteiger partial charge in [-0.15, -0.1) is 0 Å². The Balaban J connectivity index is 2.51. The van der Waals surface area contributed by atoms with Crippen molar-refractivity contribution in [3.8, 4) is 0 Å². The predicted octanol–water partition coefficient (Wildman–Crippen LogP) is 2.53. The second-order valence-corrected chi connectivity index (χ2v) is 5.33. The Morgan fingerprint density at radius 1 is 1.29 bits per heavy atom. The van der Waals surface area contributed by atoms with Crippen molar-refractivity contribution in [3.05, 3.63) is 35.4 Å². The number of benzene rings is 1. The van der Waals surface area contributed by atoms with Crippen molar-refractivity contribution in [2.75, 3.05) is 5.75 Å². The van der Waals surface area contributed by atoms with Crippen molar-refractivity contribution in [2.24, 2.45) is 0 Å². The van der Waals surface area contributed by atoms with E-state index in [1.807, 2.05) is 0 Å². The topological polar surface area (TPSA) is 66.4 Å². The Hall–Kier alpha value is -1.70. The van der Waals surface area contributed by atoms with E-state index in [0.717, 1.165) is 12.1 Å². The Morgan fingerprint density at radius 2 is 1.86 bits per heavy atom. The predicted molar refractivity (Wildman–Crippen MR) is 72.8 cm³/mol. The molecule has 1 aromatic carbocycles. The standard InChI is InChI=1S/C13H14F3NO3S/c1-8(18)17-11(12(19)20)7-21-6-9-2-4-10(5-3-9)13(14,15)16/h2-5,11H,6-7H2,1H3,(H,17,18)(H,19,20). The van der Waals surface area contributed by atoms with Gasteiger partial charge in [0.05, 0.1) is 5.56 Å². The number of aliphatic carboxylic acids is 1. The fourth-order valence-corrected chi connectivity index (χ4v) is 2.51. The number of rotatable bonds is 6. The zero-order valence-electron chi connectivity index (χ0n) is 11.1. The molecule has 0 heterocycles. The van der Waals surface area contributed by atoms with E-state index in [2.05, 4.69) is 5.32 Å². The molecule has 0 aliphatic rings. The summed E-state index contributed by atoms with van der Waals surface area (Å²) in [5, 5.41) is 11.2. The van der Waals surface area contributed by atoms with Crippen molar-refractivity contribution >= 4 is 23.6 Å². The first-order chi connectivity index (χ1) is 9.70. The fourth-order valence-electron chi connectivity index (χ4n) is 1.50. The van der Waals surface area contributed by atoms with Crippen LogP contribution in [-0.4, -0.2) is 28.8 Å². The summed E-state index contributed by atoms with van der Waals surface area (Å²) in [6, 6.07) is 3.66. The molecule has 0 radical (unpaired) electrons. The molecule has 1 amide bonds. The number of thioether (sulfide) groups is 1. The van der Waals surface area contributed by atoms with Crippen LogP contribution in [0.2, 0.25) is 0 Å². The molecule has 0 saturated carbocycles. The van der Waals surface area contributed by atoms with Gasteiger partial charge in [0.25, 0.3) is 0 Å². The lowest BCUT2D eigenvalue weighted by atomic mass is 10.1. The average molecular weight is 321 g/mol. The molecule has 8 heteroatoms. The highest BCUT2D eigenvalue weighted by molar-refractivity contribution is 7.98. The first-order valence-corrected chi connectivity index (χ1v) is 7.09.